The van der Waals surface area contributed by atoms with Gasteiger partial charge in [0.05, 0.1) is 5.69 Å². The van der Waals surface area contributed by atoms with Crippen LogP contribution in [0, 0.1) is 0 Å². The Kier molecular flexibility index (Phi) is 2.43. The van der Waals surface area contributed by atoms with Gasteiger partial charge in [-0.3, -0.25) is 14.7 Å². The Morgan fingerprint density at radius 2 is 1.93 bits per heavy atom. The second kappa shape index (κ2) is 3.74. The van der Waals surface area contributed by atoms with Crippen LogP contribution in [-0.2, 0) is 0 Å². The molecule has 0 amide bonds. The first kappa shape index (κ1) is 9.73. The van der Waals surface area contributed by atoms with Crippen LogP contribution in [0.4, 0.5) is 0 Å². The molecule has 1 heterocycles. The van der Waals surface area contributed by atoms with Gasteiger partial charge in [-0.15, -0.1) is 0 Å². The second-order valence-corrected chi connectivity index (χ2v) is 3.30. The zero-order chi connectivity index (χ0) is 10.8. The molecule has 0 saturated heterocycles. The van der Waals surface area contributed by atoms with E-state index in [4.69, 9.17) is 11.6 Å². The van der Waals surface area contributed by atoms with Gasteiger partial charge in [-0.2, -0.15) is 0 Å². The van der Waals surface area contributed by atoms with E-state index in [2.05, 4.69) is 5.10 Å². The lowest BCUT2D eigenvalue weighted by atomic mass is 10.3. The number of carbonyl (C=O) groups excluding carboxylic acids is 1. The third-order valence-corrected chi connectivity index (χ3v) is 2.15. The van der Waals surface area contributed by atoms with Gasteiger partial charge >= 0.3 is 0 Å². The Hall–Kier alpha value is -1.81. The fourth-order valence-corrected chi connectivity index (χ4v) is 1.36. The molecule has 0 atom stereocenters. The summed E-state index contributed by atoms with van der Waals surface area (Å²) in [5.74, 6) is 0. The van der Waals surface area contributed by atoms with Crippen molar-refractivity contribution in [2.45, 2.75) is 0 Å². The Labute approximate surface area is 90.1 Å². The van der Waals surface area contributed by atoms with Crippen LogP contribution >= 0.6 is 11.6 Å². The van der Waals surface area contributed by atoms with Crippen LogP contribution in [0.5, 0.6) is 0 Å². The first-order valence-electron chi connectivity index (χ1n) is 4.26. The van der Waals surface area contributed by atoms with Crippen molar-refractivity contribution in [1.82, 2.24) is 9.78 Å². The largest absolute Gasteiger partial charge is 0.286 e. The molecule has 2 aromatic rings. The zero-order valence-electron chi connectivity index (χ0n) is 7.61. The van der Waals surface area contributed by atoms with Crippen molar-refractivity contribution in [3.63, 3.8) is 0 Å². The van der Waals surface area contributed by atoms with E-state index in [1.807, 2.05) is 6.07 Å². The van der Waals surface area contributed by atoms with Gasteiger partial charge in [-0.1, -0.05) is 18.2 Å². The molecule has 4 nitrogen and oxygen atoms in total. The molecule has 1 N–H and O–H groups in total. The number of nitrogens with one attached hydrogen (secondary N) is 1. The smallest absolute Gasteiger partial charge is 0.271 e. The molecule has 0 unspecified atom stereocenters. The van der Waals surface area contributed by atoms with Crippen molar-refractivity contribution in [2.75, 3.05) is 0 Å². The number of hydrogen-bond donors (Lipinski definition) is 1. The van der Waals surface area contributed by atoms with Crippen molar-refractivity contribution in [1.29, 1.82) is 0 Å². The molecule has 0 aliphatic heterocycles. The van der Waals surface area contributed by atoms with Crippen molar-refractivity contribution in [3.05, 3.63) is 52.4 Å². The number of hydrogen-bond acceptors (Lipinski definition) is 2. The molecule has 0 saturated carbocycles. The van der Waals surface area contributed by atoms with Crippen molar-refractivity contribution >= 4 is 16.8 Å². The number of aromatic nitrogens is 2. The van der Waals surface area contributed by atoms with E-state index in [9.17, 15) is 9.59 Å². The molecule has 0 fully saturated rings. The van der Waals surface area contributed by atoms with Gasteiger partial charge in [-0.05, 0) is 23.7 Å². The Bertz CT molecular complexity index is 542. The van der Waals surface area contributed by atoms with Gasteiger partial charge in [0.15, 0.2) is 0 Å². The Morgan fingerprint density at radius 3 is 2.47 bits per heavy atom. The normalized spacial score (nSPS) is 10.2. The monoisotopic (exact) mass is 222 g/mol. The lowest BCUT2D eigenvalue weighted by Crippen LogP contribution is -2.13. The average molecular weight is 223 g/mol. The number of rotatable bonds is 2. The van der Waals surface area contributed by atoms with E-state index in [0.717, 1.165) is 0 Å². The molecule has 1 aromatic heterocycles. The van der Waals surface area contributed by atoms with E-state index in [0.29, 0.717) is 5.69 Å². The molecule has 5 heteroatoms. The van der Waals surface area contributed by atoms with E-state index < -0.39 is 5.24 Å². The van der Waals surface area contributed by atoms with Gasteiger partial charge in [0.1, 0.15) is 5.69 Å². The number of aromatic amines is 1. The maximum Gasteiger partial charge on any atom is 0.271 e. The number of para-hydroxylation sites is 1. The zero-order valence-corrected chi connectivity index (χ0v) is 8.36. The lowest BCUT2D eigenvalue weighted by Gasteiger charge is -1.99. The van der Waals surface area contributed by atoms with Crippen LogP contribution in [-0.4, -0.2) is 15.0 Å². The number of carbonyl (C=O) groups is 1. The van der Waals surface area contributed by atoms with Crippen molar-refractivity contribution in [3.8, 4) is 5.69 Å². The van der Waals surface area contributed by atoms with Crippen LogP contribution in [0.2, 0.25) is 0 Å². The average Bonchev–Trinajstić information content (AvgIpc) is 2.62. The van der Waals surface area contributed by atoms with Crippen molar-refractivity contribution in [2.24, 2.45) is 0 Å². The predicted octanol–water partition coefficient (Wildman–Crippen LogP) is 1.54. The fraction of sp³-hybridized carbons (Fsp3) is 0. The molecule has 0 radical (unpaired) electrons. The minimum absolute atomic E-state index is 0.0884. The van der Waals surface area contributed by atoms with Gasteiger partial charge in [0, 0.05) is 6.07 Å². The summed E-state index contributed by atoms with van der Waals surface area (Å²) in [6.07, 6.45) is 0. The molecule has 1 aromatic carbocycles. The Morgan fingerprint density at radius 1 is 1.27 bits per heavy atom. The van der Waals surface area contributed by atoms with Gasteiger partial charge in [-0.25, -0.2) is 4.68 Å². The first-order chi connectivity index (χ1) is 7.18. The van der Waals surface area contributed by atoms with E-state index in [1.165, 1.54) is 10.7 Å². The van der Waals surface area contributed by atoms with Gasteiger partial charge in [0.2, 0.25) is 0 Å². The lowest BCUT2D eigenvalue weighted by molar-refractivity contribution is 0.107. The summed E-state index contributed by atoms with van der Waals surface area (Å²) in [5, 5.41) is 1.94. The van der Waals surface area contributed by atoms with Crippen LogP contribution in [0.25, 0.3) is 5.69 Å². The highest BCUT2D eigenvalue weighted by Crippen LogP contribution is 2.04. The minimum atomic E-state index is -0.679. The second-order valence-electron chi connectivity index (χ2n) is 2.95. The maximum absolute atomic E-state index is 11.5. The summed E-state index contributed by atoms with van der Waals surface area (Å²) in [6.45, 7) is 0. The number of nitrogens with zero attached hydrogens (tertiary/aromatic N) is 1. The molecule has 15 heavy (non-hydrogen) atoms. The highest BCUT2D eigenvalue weighted by atomic mass is 35.5. The SMILES string of the molecule is O=C(Cl)c1cc(=O)n(-c2ccccc2)[nH]1. The highest BCUT2D eigenvalue weighted by molar-refractivity contribution is 6.67. The van der Waals surface area contributed by atoms with E-state index >= 15 is 0 Å². The number of H-pyrrole nitrogens is 1. The summed E-state index contributed by atoms with van der Waals surface area (Å²) in [7, 11) is 0. The molecule has 0 aliphatic carbocycles. The van der Waals surface area contributed by atoms with Crippen molar-refractivity contribution < 1.29 is 4.79 Å². The van der Waals surface area contributed by atoms with Crippen LogP contribution in [0.15, 0.2) is 41.2 Å². The molecule has 76 valence electrons. The van der Waals surface area contributed by atoms with E-state index in [1.54, 1.807) is 24.3 Å². The fourth-order valence-electron chi connectivity index (χ4n) is 1.27. The number of halogens is 1. The quantitative estimate of drug-likeness (QED) is 0.784. The maximum atomic E-state index is 11.5. The topological polar surface area (TPSA) is 54.9 Å². The molecule has 2 rings (SSSR count). The van der Waals surface area contributed by atoms with Crippen LogP contribution < -0.4 is 5.56 Å². The summed E-state index contributed by atoms with van der Waals surface area (Å²) >= 11 is 5.25. The molecule has 0 aliphatic rings. The summed E-state index contributed by atoms with van der Waals surface area (Å²) in [4.78, 5) is 22.3. The summed E-state index contributed by atoms with van der Waals surface area (Å²) in [6, 6.07) is 10.1. The van der Waals surface area contributed by atoms with E-state index in [-0.39, 0.29) is 11.3 Å². The third kappa shape index (κ3) is 1.85. The molecule has 0 spiro atoms. The van der Waals surface area contributed by atoms with Gasteiger partial charge in [0.25, 0.3) is 10.8 Å². The van der Waals surface area contributed by atoms with Gasteiger partial charge < -0.3 is 0 Å². The summed E-state index contributed by atoms with van der Waals surface area (Å²) < 4.78 is 1.26. The molecular formula is C10H7ClN2O2. The summed E-state index contributed by atoms with van der Waals surface area (Å²) in [5.41, 5.74) is 0.433. The van der Waals surface area contributed by atoms with Crippen LogP contribution in [0.1, 0.15) is 10.5 Å². The predicted molar refractivity (Wildman–Crippen MR) is 56.6 cm³/mol. The van der Waals surface area contributed by atoms with Crippen LogP contribution in [0.3, 0.4) is 0 Å². The third-order valence-electron chi connectivity index (χ3n) is 1.95. The molecule has 0 bridgehead atoms. The highest BCUT2D eigenvalue weighted by Gasteiger charge is 2.08. The number of benzene rings is 1. The first-order valence-corrected chi connectivity index (χ1v) is 4.63. The minimum Gasteiger partial charge on any atom is -0.286 e. The molecular weight excluding hydrogens is 216 g/mol. The standard InChI is InChI=1S/C10H7ClN2O2/c11-10(15)8-6-9(14)13(12-8)7-4-2-1-3-5-7/h1-6,12H. The Balaban J connectivity index is 2.55.